The maximum Gasteiger partial charge on any atom is 0.0431 e. The third-order valence-electron chi connectivity index (χ3n) is 1.44. The third-order valence-corrected chi connectivity index (χ3v) is 1.44. The summed E-state index contributed by atoms with van der Waals surface area (Å²) in [5, 5.41) is 8.43. The van der Waals surface area contributed by atoms with E-state index in [0.29, 0.717) is 6.61 Å². The van der Waals surface area contributed by atoms with Crippen molar-refractivity contribution in [1.29, 1.82) is 0 Å². The standard InChI is InChI=1S/C8H18O.H2O/c1-8(2)6-4-3-5-7-9;/h8-9H,3-7H2,1-2H3;1H2. The molecule has 2 heteroatoms. The van der Waals surface area contributed by atoms with Crippen LogP contribution >= 0.6 is 0 Å². The molecule has 0 rings (SSSR count). The monoisotopic (exact) mass is 148 g/mol. The number of hydrogen-bond acceptors (Lipinski definition) is 1. The van der Waals surface area contributed by atoms with Gasteiger partial charge in [0.05, 0.1) is 0 Å². The SMILES string of the molecule is CC(C)CCCCCO.O. The summed E-state index contributed by atoms with van der Waals surface area (Å²) >= 11 is 0. The maximum atomic E-state index is 8.43. The van der Waals surface area contributed by atoms with E-state index < -0.39 is 0 Å². The first kappa shape index (κ1) is 12.6. The zero-order valence-electron chi connectivity index (χ0n) is 7.06. The second-order valence-electron chi connectivity index (χ2n) is 2.97. The lowest BCUT2D eigenvalue weighted by Gasteiger charge is -2.01. The van der Waals surface area contributed by atoms with E-state index in [-0.39, 0.29) is 5.48 Å². The largest absolute Gasteiger partial charge is 0.412 e. The molecule has 0 atom stereocenters. The van der Waals surface area contributed by atoms with Gasteiger partial charge in [-0.2, -0.15) is 0 Å². The first-order valence-corrected chi connectivity index (χ1v) is 3.88. The molecule has 0 fully saturated rings. The first-order valence-electron chi connectivity index (χ1n) is 3.88. The van der Waals surface area contributed by atoms with Crippen molar-refractivity contribution in [3.63, 3.8) is 0 Å². The van der Waals surface area contributed by atoms with Gasteiger partial charge >= 0.3 is 0 Å². The molecule has 0 amide bonds. The van der Waals surface area contributed by atoms with Crippen LogP contribution in [0.15, 0.2) is 0 Å². The number of rotatable bonds is 5. The summed E-state index contributed by atoms with van der Waals surface area (Å²) in [7, 11) is 0. The van der Waals surface area contributed by atoms with Gasteiger partial charge in [-0.1, -0.05) is 33.1 Å². The van der Waals surface area contributed by atoms with Gasteiger partial charge in [-0.05, 0) is 12.3 Å². The molecule has 0 aliphatic carbocycles. The van der Waals surface area contributed by atoms with E-state index in [1.54, 1.807) is 0 Å². The van der Waals surface area contributed by atoms with Crippen molar-refractivity contribution in [2.45, 2.75) is 39.5 Å². The molecule has 0 aromatic heterocycles. The molecule has 3 N–H and O–H groups in total. The van der Waals surface area contributed by atoms with Gasteiger partial charge in [0.1, 0.15) is 0 Å². The highest BCUT2D eigenvalue weighted by atomic mass is 16.2. The lowest BCUT2D eigenvalue weighted by Crippen LogP contribution is -1.88. The van der Waals surface area contributed by atoms with Crippen LogP contribution in [-0.4, -0.2) is 17.2 Å². The molecular weight excluding hydrogens is 128 g/mol. The van der Waals surface area contributed by atoms with Gasteiger partial charge in [-0.3, -0.25) is 0 Å². The van der Waals surface area contributed by atoms with Gasteiger partial charge in [-0.15, -0.1) is 0 Å². The van der Waals surface area contributed by atoms with Crippen LogP contribution in [0.25, 0.3) is 0 Å². The van der Waals surface area contributed by atoms with Crippen LogP contribution in [0.2, 0.25) is 0 Å². The van der Waals surface area contributed by atoms with Gasteiger partial charge in [-0.25, -0.2) is 0 Å². The van der Waals surface area contributed by atoms with Crippen molar-refractivity contribution >= 4 is 0 Å². The molecule has 0 aromatic rings. The van der Waals surface area contributed by atoms with Crippen LogP contribution in [0.3, 0.4) is 0 Å². The summed E-state index contributed by atoms with van der Waals surface area (Å²) in [4.78, 5) is 0. The highest BCUT2D eigenvalue weighted by molar-refractivity contribution is 4.45. The first-order chi connectivity index (χ1) is 4.27. The Hall–Kier alpha value is -0.0800. The summed E-state index contributed by atoms with van der Waals surface area (Å²) in [6, 6.07) is 0. The summed E-state index contributed by atoms with van der Waals surface area (Å²) < 4.78 is 0. The van der Waals surface area contributed by atoms with E-state index >= 15 is 0 Å². The Kier molecular flexibility index (Phi) is 11.2. The van der Waals surface area contributed by atoms with Gasteiger partial charge in [0.25, 0.3) is 0 Å². The Labute approximate surface area is 63.6 Å². The average Bonchev–Trinajstić information content (AvgIpc) is 1.80. The van der Waals surface area contributed by atoms with E-state index in [0.717, 1.165) is 12.3 Å². The molecule has 2 nitrogen and oxygen atoms in total. The number of hydrogen-bond donors (Lipinski definition) is 1. The van der Waals surface area contributed by atoms with Crippen LogP contribution in [0.4, 0.5) is 0 Å². The predicted octanol–water partition coefficient (Wildman–Crippen LogP) is 1.37. The fourth-order valence-corrected chi connectivity index (χ4v) is 0.841. The van der Waals surface area contributed by atoms with Crippen LogP contribution in [0.5, 0.6) is 0 Å². The lowest BCUT2D eigenvalue weighted by atomic mass is 10.1. The minimum Gasteiger partial charge on any atom is -0.412 e. The zero-order valence-corrected chi connectivity index (χ0v) is 7.06. The van der Waals surface area contributed by atoms with Crippen molar-refractivity contribution in [2.24, 2.45) is 5.92 Å². The number of aliphatic hydroxyl groups excluding tert-OH is 1. The minimum absolute atomic E-state index is 0. The third kappa shape index (κ3) is 10.8. The number of aliphatic hydroxyl groups is 1. The minimum atomic E-state index is 0. The molecule has 64 valence electrons. The van der Waals surface area contributed by atoms with Crippen LogP contribution in [0.1, 0.15) is 39.5 Å². The molecule has 10 heavy (non-hydrogen) atoms. The van der Waals surface area contributed by atoms with Gasteiger partial charge < -0.3 is 10.6 Å². The summed E-state index contributed by atoms with van der Waals surface area (Å²) in [6.45, 7) is 4.83. The van der Waals surface area contributed by atoms with Crippen molar-refractivity contribution in [2.75, 3.05) is 6.61 Å². The molecule has 0 aliphatic rings. The van der Waals surface area contributed by atoms with Gasteiger partial charge in [0.15, 0.2) is 0 Å². The van der Waals surface area contributed by atoms with E-state index in [1.807, 2.05) is 0 Å². The summed E-state index contributed by atoms with van der Waals surface area (Å²) in [5.41, 5.74) is 0. The fourth-order valence-electron chi connectivity index (χ4n) is 0.841. The predicted molar refractivity (Wildman–Crippen MR) is 44.0 cm³/mol. The highest BCUT2D eigenvalue weighted by Gasteiger charge is 1.92. The fraction of sp³-hybridized carbons (Fsp3) is 1.00. The molecule has 0 aromatic carbocycles. The molecule has 0 saturated heterocycles. The maximum absolute atomic E-state index is 8.43. The topological polar surface area (TPSA) is 51.7 Å². The van der Waals surface area contributed by atoms with Crippen molar-refractivity contribution < 1.29 is 10.6 Å². The Bertz CT molecular complexity index is 53.2. The second kappa shape index (κ2) is 8.92. The molecule has 0 saturated carbocycles. The van der Waals surface area contributed by atoms with E-state index in [9.17, 15) is 0 Å². The van der Waals surface area contributed by atoms with E-state index in [1.165, 1.54) is 19.3 Å². The molecule has 0 spiro atoms. The molecule has 0 radical (unpaired) electrons. The molecular formula is C8H20O2. The van der Waals surface area contributed by atoms with Crippen molar-refractivity contribution in [3.05, 3.63) is 0 Å². The van der Waals surface area contributed by atoms with Crippen molar-refractivity contribution in [1.82, 2.24) is 0 Å². The van der Waals surface area contributed by atoms with Gasteiger partial charge in [0, 0.05) is 6.61 Å². The molecule has 0 unspecified atom stereocenters. The normalized spacial score (nSPS) is 9.60. The zero-order chi connectivity index (χ0) is 7.11. The summed E-state index contributed by atoms with van der Waals surface area (Å²) in [6.07, 6.45) is 4.75. The lowest BCUT2D eigenvalue weighted by molar-refractivity contribution is 0.281. The van der Waals surface area contributed by atoms with Gasteiger partial charge in [0.2, 0.25) is 0 Å². The van der Waals surface area contributed by atoms with Crippen LogP contribution in [-0.2, 0) is 0 Å². The summed E-state index contributed by atoms with van der Waals surface area (Å²) in [5.74, 6) is 0.823. The smallest absolute Gasteiger partial charge is 0.0431 e. The quantitative estimate of drug-likeness (QED) is 0.588. The molecule has 0 heterocycles. The number of unbranched alkanes of at least 4 members (excludes halogenated alkanes) is 2. The Balaban J connectivity index is 0. The molecule has 0 bridgehead atoms. The van der Waals surface area contributed by atoms with Crippen molar-refractivity contribution in [3.8, 4) is 0 Å². The molecule has 0 aliphatic heterocycles. The van der Waals surface area contributed by atoms with Crippen LogP contribution in [0, 0.1) is 5.92 Å². The van der Waals surface area contributed by atoms with Crippen LogP contribution < -0.4 is 0 Å². The second-order valence-corrected chi connectivity index (χ2v) is 2.97. The average molecular weight is 148 g/mol. The Morgan fingerprint density at radius 3 is 2.10 bits per heavy atom. The van der Waals surface area contributed by atoms with E-state index in [4.69, 9.17) is 5.11 Å². The van der Waals surface area contributed by atoms with E-state index in [2.05, 4.69) is 13.8 Å². The Morgan fingerprint density at radius 2 is 1.70 bits per heavy atom. The highest BCUT2D eigenvalue weighted by Crippen LogP contribution is 2.06. The Morgan fingerprint density at radius 1 is 1.10 bits per heavy atom.